The number of anilines is 1. The van der Waals surface area contributed by atoms with Crippen molar-refractivity contribution in [3.05, 3.63) is 42.5 Å². The Morgan fingerprint density at radius 1 is 1.41 bits per heavy atom. The van der Waals surface area contributed by atoms with Crippen molar-refractivity contribution in [1.29, 1.82) is 0 Å². The summed E-state index contributed by atoms with van der Waals surface area (Å²) in [5.74, 6) is -0.0979. The molecule has 0 radical (unpaired) electrons. The standard InChI is InChI=1S/C12H14N4O/c1-9-7-14-16(8-9)10(2)12(17)15-11-3-5-13-6-4-11/h3-8,10H,1-2H3,(H,13,15,17). The Morgan fingerprint density at radius 3 is 2.71 bits per heavy atom. The molecule has 0 saturated heterocycles. The van der Waals surface area contributed by atoms with Gasteiger partial charge in [-0.2, -0.15) is 5.10 Å². The second-order valence-electron chi connectivity index (χ2n) is 3.90. The number of carbonyl (C=O) groups is 1. The largest absolute Gasteiger partial charge is 0.324 e. The number of carbonyl (C=O) groups excluding carboxylic acids is 1. The molecule has 2 aromatic rings. The van der Waals surface area contributed by atoms with Gasteiger partial charge in [-0.3, -0.25) is 14.5 Å². The average Bonchev–Trinajstić information content (AvgIpc) is 2.76. The van der Waals surface area contributed by atoms with Gasteiger partial charge in [-0.15, -0.1) is 0 Å². The Balaban J connectivity index is 2.06. The Labute approximate surface area is 99.5 Å². The summed E-state index contributed by atoms with van der Waals surface area (Å²) >= 11 is 0. The zero-order chi connectivity index (χ0) is 12.3. The summed E-state index contributed by atoms with van der Waals surface area (Å²) in [4.78, 5) is 15.8. The lowest BCUT2D eigenvalue weighted by atomic mass is 10.3. The van der Waals surface area contributed by atoms with Crippen LogP contribution in [0.15, 0.2) is 36.9 Å². The minimum absolute atomic E-state index is 0.0979. The molecule has 0 fully saturated rings. The topological polar surface area (TPSA) is 59.8 Å². The third kappa shape index (κ3) is 2.69. The van der Waals surface area contributed by atoms with Crippen LogP contribution < -0.4 is 5.32 Å². The summed E-state index contributed by atoms with van der Waals surface area (Å²) in [6.45, 7) is 3.75. The van der Waals surface area contributed by atoms with Crippen LogP contribution >= 0.6 is 0 Å². The number of nitrogens with zero attached hydrogens (tertiary/aromatic N) is 3. The first-order chi connectivity index (χ1) is 8.16. The number of pyridine rings is 1. The summed E-state index contributed by atoms with van der Waals surface area (Å²) in [7, 11) is 0. The molecule has 5 nitrogen and oxygen atoms in total. The number of rotatable bonds is 3. The highest BCUT2D eigenvalue weighted by Crippen LogP contribution is 2.10. The zero-order valence-electron chi connectivity index (χ0n) is 9.79. The molecule has 1 atom stereocenters. The van der Waals surface area contributed by atoms with Crippen LogP contribution in [0.2, 0.25) is 0 Å². The van der Waals surface area contributed by atoms with Gasteiger partial charge < -0.3 is 5.32 Å². The summed E-state index contributed by atoms with van der Waals surface area (Å²) in [6, 6.07) is 3.16. The van der Waals surface area contributed by atoms with Gasteiger partial charge in [0.25, 0.3) is 0 Å². The Kier molecular flexibility index (Phi) is 3.18. The van der Waals surface area contributed by atoms with E-state index in [1.165, 1.54) is 0 Å². The van der Waals surface area contributed by atoms with Crippen molar-refractivity contribution in [2.24, 2.45) is 0 Å². The van der Waals surface area contributed by atoms with Crippen LogP contribution in [0.1, 0.15) is 18.5 Å². The molecule has 1 amide bonds. The lowest BCUT2D eigenvalue weighted by molar-refractivity contribution is -0.119. The molecule has 2 heterocycles. The average molecular weight is 230 g/mol. The molecule has 0 spiro atoms. The number of aromatic nitrogens is 3. The molecule has 1 unspecified atom stereocenters. The maximum absolute atomic E-state index is 11.9. The maximum atomic E-state index is 11.9. The first-order valence-electron chi connectivity index (χ1n) is 5.38. The SMILES string of the molecule is Cc1cnn(C(C)C(=O)Nc2ccncc2)c1. The summed E-state index contributed by atoms with van der Waals surface area (Å²) < 4.78 is 1.64. The van der Waals surface area contributed by atoms with Crippen LogP contribution in [0.4, 0.5) is 5.69 Å². The van der Waals surface area contributed by atoms with E-state index in [1.54, 1.807) is 35.4 Å². The minimum atomic E-state index is -0.336. The van der Waals surface area contributed by atoms with E-state index in [1.807, 2.05) is 20.0 Å². The lowest BCUT2D eigenvalue weighted by Crippen LogP contribution is -2.23. The predicted molar refractivity (Wildman–Crippen MR) is 64.5 cm³/mol. The Bertz CT molecular complexity index is 506. The molecule has 0 aliphatic heterocycles. The Morgan fingerprint density at radius 2 is 2.12 bits per heavy atom. The van der Waals surface area contributed by atoms with Gasteiger partial charge >= 0.3 is 0 Å². The number of hydrogen-bond acceptors (Lipinski definition) is 3. The second-order valence-corrected chi connectivity index (χ2v) is 3.90. The minimum Gasteiger partial charge on any atom is -0.324 e. The maximum Gasteiger partial charge on any atom is 0.248 e. The summed E-state index contributed by atoms with van der Waals surface area (Å²) in [5, 5.41) is 6.93. The lowest BCUT2D eigenvalue weighted by Gasteiger charge is -2.12. The van der Waals surface area contributed by atoms with E-state index in [-0.39, 0.29) is 11.9 Å². The molecule has 0 aliphatic rings. The normalized spacial score (nSPS) is 12.1. The first kappa shape index (κ1) is 11.3. The molecule has 0 aromatic carbocycles. The summed E-state index contributed by atoms with van der Waals surface area (Å²) in [6.07, 6.45) is 6.85. The van der Waals surface area contributed by atoms with Crippen LogP contribution in [-0.2, 0) is 4.79 Å². The van der Waals surface area contributed by atoms with Gasteiger partial charge in [0.1, 0.15) is 6.04 Å². The van der Waals surface area contributed by atoms with E-state index in [2.05, 4.69) is 15.4 Å². The molecular weight excluding hydrogens is 216 g/mol. The molecule has 17 heavy (non-hydrogen) atoms. The monoisotopic (exact) mass is 230 g/mol. The Hall–Kier alpha value is -2.17. The number of nitrogens with one attached hydrogen (secondary N) is 1. The van der Waals surface area contributed by atoms with Crippen LogP contribution in [0, 0.1) is 6.92 Å². The van der Waals surface area contributed by atoms with Gasteiger partial charge in [-0.25, -0.2) is 0 Å². The van der Waals surface area contributed by atoms with Gasteiger partial charge in [0.2, 0.25) is 5.91 Å². The van der Waals surface area contributed by atoms with Crippen molar-refractivity contribution >= 4 is 11.6 Å². The molecule has 0 saturated carbocycles. The van der Waals surface area contributed by atoms with E-state index in [9.17, 15) is 4.79 Å². The van der Waals surface area contributed by atoms with Crippen molar-refractivity contribution in [3.8, 4) is 0 Å². The van der Waals surface area contributed by atoms with Crippen molar-refractivity contribution in [2.75, 3.05) is 5.32 Å². The van der Waals surface area contributed by atoms with E-state index in [0.29, 0.717) is 0 Å². The zero-order valence-corrected chi connectivity index (χ0v) is 9.79. The fraction of sp³-hybridized carbons (Fsp3) is 0.250. The number of hydrogen-bond donors (Lipinski definition) is 1. The van der Waals surface area contributed by atoms with E-state index < -0.39 is 0 Å². The third-order valence-corrected chi connectivity index (χ3v) is 2.45. The van der Waals surface area contributed by atoms with Gasteiger partial charge in [0, 0.05) is 24.3 Å². The predicted octanol–water partition coefficient (Wildman–Crippen LogP) is 1.79. The number of amides is 1. The fourth-order valence-electron chi connectivity index (χ4n) is 1.45. The van der Waals surface area contributed by atoms with Crippen LogP contribution in [0.5, 0.6) is 0 Å². The molecule has 0 aliphatic carbocycles. The van der Waals surface area contributed by atoms with Crippen LogP contribution in [0.3, 0.4) is 0 Å². The van der Waals surface area contributed by atoms with E-state index in [0.717, 1.165) is 11.3 Å². The van der Waals surface area contributed by atoms with E-state index in [4.69, 9.17) is 0 Å². The molecular formula is C12H14N4O. The van der Waals surface area contributed by atoms with Gasteiger partial charge in [0.15, 0.2) is 0 Å². The van der Waals surface area contributed by atoms with Crippen molar-refractivity contribution < 1.29 is 4.79 Å². The summed E-state index contributed by atoms with van der Waals surface area (Å²) in [5.41, 5.74) is 1.77. The van der Waals surface area contributed by atoms with Crippen LogP contribution in [-0.4, -0.2) is 20.7 Å². The molecule has 2 aromatic heterocycles. The fourth-order valence-corrected chi connectivity index (χ4v) is 1.45. The smallest absolute Gasteiger partial charge is 0.248 e. The highest BCUT2D eigenvalue weighted by Gasteiger charge is 2.15. The number of aryl methyl sites for hydroxylation is 1. The van der Waals surface area contributed by atoms with Crippen molar-refractivity contribution in [2.45, 2.75) is 19.9 Å². The van der Waals surface area contributed by atoms with Gasteiger partial charge in [-0.05, 0) is 31.5 Å². The van der Waals surface area contributed by atoms with Crippen molar-refractivity contribution in [1.82, 2.24) is 14.8 Å². The second kappa shape index (κ2) is 4.78. The van der Waals surface area contributed by atoms with E-state index >= 15 is 0 Å². The van der Waals surface area contributed by atoms with Gasteiger partial charge in [-0.1, -0.05) is 0 Å². The molecule has 0 bridgehead atoms. The molecule has 88 valence electrons. The molecule has 1 N–H and O–H groups in total. The molecule has 2 rings (SSSR count). The van der Waals surface area contributed by atoms with Crippen LogP contribution in [0.25, 0.3) is 0 Å². The first-order valence-corrected chi connectivity index (χ1v) is 5.38. The molecule has 5 heteroatoms. The van der Waals surface area contributed by atoms with Crippen molar-refractivity contribution in [3.63, 3.8) is 0 Å². The quantitative estimate of drug-likeness (QED) is 0.874. The third-order valence-electron chi connectivity index (χ3n) is 2.45. The highest BCUT2D eigenvalue weighted by atomic mass is 16.2. The highest BCUT2D eigenvalue weighted by molar-refractivity contribution is 5.93. The van der Waals surface area contributed by atoms with Gasteiger partial charge in [0.05, 0.1) is 6.20 Å².